The van der Waals surface area contributed by atoms with Gasteiger partial charge in [-0.3, -0.25) is 0 Å². The number of piperidine rings is 1. The molecule has 1 aliphatic heterocycles. The average molecular weight is 328 g/mol. The summed E-state index contributed by atoms with van der Waals surface area (Å²) >= 11 is 0. The van der Waals surface area contributed by atoms with Crippen molar-refractivity contribution < 1.29 is 17.9 Å². The van der Waals surface area contributed by atoms with E-state index in [1.54, 1.807) is 18.2 Å². The Morgan fingerprint density at radius 3 is 2.23 bits per heavy atom. The quantitative estimate of drug-likeness (QED) is 0.825. The zero-order valence-corrected chi connectivity index (χ0v) is 14.1. The Labute approximate surface area is 132 Å². The van der Waals surface area contributed by atoms with E-state index >= 15 is 0 Å². The maximum atomic E-state index is 12.7. The van der Waals surface area contributed by atoms with Crippen LogP contribution in [0.1, 0.15) is 19.8 Å². The lowest BCUT2D eigenvalue weighted by Crippen LogP contribution is -2.42. The maximum Gasteiger partial charge on any atom is 0.247 e. The highest BCUT2D eigenvalue weighted by atomic mass is 32.2. The summed E-state index contributed by atoms with van der Waals surface area (Å²) in [5.74, 6) is 0.560. The molecule has 6 nitrogen and oxygen atoms in total. The Balaban J connectivity index is 2.23. The largest absolute Gasteiger partial charge is 0.495 e. The van der Waals surface area contributed by atoms with Crippen molar-refractivity contribution in [3.8, 4) is 11.5 Å². The molecule has 22 heavy (non-hydrogen) atoms. The van der Waals surface area contributed by atoms with Crippen LogP contribution >= 0.6 is 0 Å². The van der Waals surface area contributed by atoms with Gasteiger partial charge in [0.25, 0.3) is 0 Å². The van der Waals surface area contributed by atoms with Crippen LogP contribution in [-0.2, 0) is 10.0 Å². The van der Waals surface area contributed by atoms with Crippen molar-refractivity contribution in [3.05, 3.63) is 18.2 Å². The van der Waals surface area contributed by atoms with Crippen molar-refractivity contribution in [3.63, 3.8) is 0 Å². The van der Waals surface area contributed by atoms with E-state index in [4.69, 9.17) is 9.47 Å². The molecule has 1 aromatic rings. The third kappa shape index (κ3) is 3.71. The second-order valence-corrected chi connectivity index (χ2v) is 7.58. The molecule has 1 saturated heterocycles. The van der Waals surface area contributed by atoms with Crippen molar-refractivity contribution in [2.45, 2.75) is 24.7 Å². The highest BCUT2D eigenvalue weighted by Crippen LogP contribution is 2.34. The van der Waals surface area contributed by atoms with Gasteiger partial charge in [-0.25, -0.2) is 13.1 Å². The van der Waals surface area contributed by atoms with E-state index in [-0.39, 0.29) is 21.8 Å². The van der Waals surface area contributed by atoms with E-state index in [0.717, 1.165) is 25.9 Å². The van der Waals surface area contributed by atoms with Crippen LogP contribution in [0, 0.1) is 5.41 Å². The van der Waals surface area contributed by atoms with E-state index in [0.29, 0.717) is 6.54 Å². The predicted molar refractivity (Wildman–Crippen MR) is 84.9 cm³/mol. The van der Waals surface area contributed by atoms with Gasteiger partial charge < -0.3 is 14.8 Å². The zero-order chi connectivity index (χ0) is 16.2. The molecule has 2 N–H and O–H groups in total. The molecule has 0 atom stereocenters. The van der Waals surface area contributed by atoms with Crippen molar-refractivity contribution in [2.24, 2.45) is 5.41 Å². The first kappa shape index (κ1) is 17.1. The van der Waals surface area contributed by atoms with E-state index in [1.165, 1.54) is 14.2 Å². The second kappa shape index (κ2) is 6.85. The van der Waals surface area contributed by atoms with Crippen LogP contribution in [-0.4, -0.2) is 42.3 Å². The summed E-state index contributed by atoms with van der Waals surface area (Å²) < 4.78 is 38.5. The Bertz CT molecular complexity index is 588. The molecule has 0 aromatic heterocycles. The molecular formula is C15H24N2O4S. The van der Waals surface area contributed by atoms with Crippen LogP contribution in [0.5, 0.6) is 11.5 Å². The van der Waals surface area contributed by atoms with Crippen LogP contribution in [0.25, 0.3) is 0 Å². The first-order valence-electron chi connectivity index (χ1n) is 7.33. The maximum absolute atomic E-state index is 12.7. The lowest BCUT2D eigenvalue weighted by atomic mass is 9.81. The van der Waals surface area contributed by atoms with Gasteiger partial charge in [-0.1, -0.05) is 13.0 Å². The summed E-state index contributed by atoms with van der Waals surface area (Å²) in [7, 11) is -0.811. The molecule has 1 fully saturated rings. The number of sulfonamides is 1. The molecule has 0 amide bonds. The number of methoxy groups -OCH3 is 2. The molecule has 124 valence electrons. The van der Waals surface area contributed by atoms with Gasteiger partial charge in [0.05, 0.1) is 14.2 Å². The van der Waals surface area contributed by atoms with Gasteiger partial charge >= 0.3 is 0 Å². The third-order valence-corrected chi connectivity index (χ3v) is 5.62. The monoisotopic (exact) mass is 328 g/mol. The fraction of sp³-hybridized carbons (Fsp3) is 0.600. The molecule has 0 saturated carbocycles. The number of nitrogens with one attached hydrogen (secondary N) is 2. The molecule has 1 aromatic carbocycles. The topological polar surface area (TPSA) is 76.7 Å². The summed E-state index contributed by atoms with van der Waals surface area (Å²) in [5, 5.41) is 3.29. The second-order valence-electron chi connectivity index (χ2n) is 5.88. The van der Waals surface area contributed by atoms with Gasteiger partial charge in [0, 0.05) is 6.54 Å². The van der Waals surface area contributed by atoms with Gasteiger partial charge in [-0.05, 0) is 43.5 Å². The van der Waals surface area contributed by atoms with E-state index in [2.05, 4.69) is 17.0 Å². The molecule has 1 aliphatic rings. The summed E-state index contributed by atoms with van der Waals surface area (Å²) in [6, 6.07) is 4.93. The van der Waals surface area contributed by atoms with Crippen LogP contribution in [0.15, 0.2) is 23.1 Å². The summed E-state index contributed by atoms with van der Waals surface area (Å²) in [5.41, 5.74) is -0.0342. The van der Waals surface area contributed by atoms with Crippen molar-refractivity contribution >= 4 is 10.0 Å². The average Bonchev–Trinajstić information content (AvgIpc) is 2.53. The van der Waals surface area contributed by atoms with Gasteiger partial charge in [0.2, 0.25) is 10.0 Å². The van der Waals surface area contributed by atoms with Crippen LogP contribution in [0.4, 0.5) is 0 Å². The van der Waals surface area contributed by atoms with Gasteiger partial charge in [0.1, 0.15) is 11.5 Å². The van der Waals surface area contributed by atoms with E-state index in [9.17, 15) is 8.42 Å². The van der Waals surface area contributed by atoms with Gasteiger partial charge in [-0.15, -0.1) is 0 Å². The summed E-state index contributed by atoms with van der Waals surface area (Å²) in [4.78, 5) is 0.0533. The van der Waals surface area contributed by atoms with Crippen molar-refractivity contribution in [2.75, 3.05) is 33.9 Å². The standard InChI is InChI=1S/C15H24N2O4S/c1-15(7-9-16-10-8-15)11-17-22(18,19)14-12(20-2)5-4-6-13(14)21-3/h4-6,16-17H,7-11H2,1-3H3. The minimum atomic E-state index is -3.70. The molecule has 0 unspecified atom stereocenters. The molecule has 2 rings (SSSR count). The normalized spacial score (nSPS) is 18.0. The first-order chi connectivity index (χ1) is 10.4. The first-order valence-corrected chi connectivity index (χ1v) is 8.81. The SMILES string of the molecule is COc1cccc(OC)c1S(=O)(=O)NCC1(C)CCNCC1. The minimum Gasteiger partial charge on any atom is -0.495 e. The summed E-state index contributed by atoms with van der Waals surface area (Å²) in [6.07, 6.45) is 1.89. The fourth-order valence-corrected chi connectivity index (χ4v) is 4.15. The van der Waals surface area contributed by atoms with Crippen LogP contribution < -0.4 is 19.5 Å². The molecule has 0 aliphatic carbocycles. The Kier molecular flexibility index (Phi) is 5.31. The van der Waals surface area contributed by atoms with Crippen LogP contribution in [0.3, 0.4) is 0 Å². The molecule has 0 bridgehead atoms. The highest BCUT2D eigenvalue weighted by molar-refractivity contribution is 7.89. The van der Waals surface area contributed by atoms with Crippen molar-refractivity contribution in [1.29, 1.82) is 0 Å². The molecule has 7 heteroatoms. The highest BCUT2D eigenvalue weighted by Gasteiger charge is 2.31. The lowest BCUT2D eigenvalue weighted by Gasteiger charge is -2.34. The molecular weight excluding hydrogens is 304 g/mol. The van der Waals surface area contributed by atoms with Crippen LogP contribution in [0.2, 0.25) is 0 Å². The summed E-state index contributed by atoms with van der Waals surface area (Å²) in [6.45, 7) is 4.33. The number of ether oxygens (including phenoxy) is 2. The number of hydrogen-bond acceptors (Lipinski definition) is 5. The van der Waals surface area contributed by atoms with E-state index < -0.39 is 10.0 Å². The number of hydrogen-bond donors (Lipinski definition) is 2. The Morgan fingerprint density at radius 1 is 1.18 bits per heavy atom. The Morgan fingerprint density at radius 2 is 1.73 bits per heavy atom. The number of benzene rings is 1. The molecule has 0 radical (unpaired) electrons. The minimum absolute atomic E-state index is 0.0342. The van der Waals surface area contributed by atoms with Crippen molar-refractivity contribution in [1.82, 2.24) is 10.0 Å². The Hall–Kier alpha value is -1.31. The van der Waals surface area contributed by atoms with E-state index in [1.807, 2.05) is 0 Å². The lowest BCUT2D eigenvalue weighted by molar-refractivity contribution is 0.232. The number of rotatable bonds is 6. The van der Waals surface area contributed by atoms with Gasteiger partial charge in [-0.2, -0.15) is 0 Å². The predicted octanol–water partition coefficient (Wildman–Crippen LogP) is 1.37. The molecule has 1 heterocycles. The third-order valence-electron chi connectivity index (χ3n) is 4.15. The fourth-order valence-electron chi connectivity index (χ4n) is 2.63. The molecule has 0 spiro atoms. The van der Waals surface area contributed by atoms with Gasteiger partial charge in [0.15, 0.2) is 4.90 Å². The smallest absolute Gasteiger partial charge is 0.247 e. The zero-order valence-electron chi connectivity index (χ0n) is 13.3.